The molecule has 5 rings (SSSR count). The first-order valence-corrected chi connectivity index (χ1v) is 10.8. The molecule has 0 bridgehead atoms. The minimum Gasteiger partial charge on any atom is -0.508 e. The Morgan fingerprint density at radius 2 is 1.64 bits per heavy atom. The van der Waals surface area contributed by atoms with Gasteiger partial charge in [-0.2, -0.15) is 0 Å². The van der Waals surface area contributed by atoms with Gasteiger partial charge in [0.2, 0.25) is 5.91 Å². The molecule has 2 aliphatic rings. The molecule has 2 heterocycles. The number of hydroxylamine groups is 1. The summed E-state index contributed by atoms with van der Waals surface area (Å²) in [7, 11) is 0. The number of nitro benzene ring substituents is 1. The molecule has 10 heteroatoms. The maximum Gasteiger partial charge on any atom is 0.270 e. The monoisotopic (exact) mass is 509 g/mol. The summed E-state index contributed by atoms with van der Waals surface area (Å²) >= 11 is 3.33. The number of rotatable bonds is 4. The van der Waals surface area contributed by atoms with Crippen molar-refractivity contribution >= 4 is 44.8 Å². The second-order valence-corrected chi connectivity index (χ2v) is 8.56. The minimum atomic E-state index is -1.15. The van der Waals surface area contributed by atoms with Crippen LogP contribution in [0, 0.1) is 16.0 Å². The van der Waals surface area contributed by atoms with Gasteiger partial charge >= 0.3 is 0 Å². The standard InChI is InChI=1S/C23H16BrN3O6/c24-13-6-8-14(9-7-13)25-22(29)19-20(17-12-16(27(31)32)10-11-18(17)28)26(33-21(19)23(25)30)15-4-2-1-3-5-15/h1-12,19-21,28H/t19-,20+,21+/m0/s1. The van der Waals surface area contributed by atoms with Crippen LogP contribution in [0.5, 0.6) is 5.75 Å². The second kappa shape index (κ2) is 7.98. The lowest BCUT2D eigenvalue weighted by Gasteiger charge is -2.29. The number of para-hydroxylation sites is 1. The molecule has 0 unspecified atom stereocenters. The molecule has 33 heavy (non-hydrogen) atoms. The molecule has 0 saturated carbocycles. The van der Waals surface area contributed by atoms with Crippen molar-refractivity contribution in [3.05, 3.63) is 92.9 Å². The van der Waals surface area contributed by atoms with Gasteiger partial charge in [-0.15, -0.1) is 0 Å². The van der Waals surface area contributed by atoms with E-state index in [9.17, 15) is 24.8 Å². The van der Waals surface area contributed by atoms with Crippen LogP contribution in [0.2, 0.25) is 0 Å². The Morgan fingerprint density at radius 3 is 2.30 bits per heavy atom. The Balaban J connectivity index is 1.63. The molecular formula is C23H16BrN3O6. The number of imide groups is 1. The molecule has 0 radical (unpaired) electrons. The fourth-order valence-electron chi connectivity index (χ4n) is 4.27. The van der Waals surface area contributed by atoms with Gasteiger partial charge in [0.1, 0.15) is 17.7 Å². The fraction of sp³-hybridized carbons (Fsp3) is 0.130. The van der Waals surface area contributed by atoms with Gasteiger partial charge in [0.15, 0.2) is 6.10 Å². The predicted molar refractivity (Wildman–Crippen MR) is 121 cm³/mol. The molecule has 0 aliphatic carbocycles. The van der Waals surface area contributed by atoms with Gasteiger partial charge in [0.25, 0.3) is 11.6 Å². The number of carbonyl (C=O) groups is 2. The lowest BCUT2D eigenvalue weighted by molar-refractivity contribution is -0.385. The van der Waals surface area contributed by atoms with Crippen LogP contribution >= 0.6 is 15.9 Å². The van der Waals surface area contributed by atoms with Crippen LogP contribution in [0.3, 0.4) is 0 Å². The second-order valence-electron chi connectivity index (χ2n) is 7.65. The fourth-order valence-corrected chi connectivity index (χ4v) is 4.53. The third-order valence-electron chi connectivity index (χ3n) is 5.75. The summed E-state index contributed by atoms with van der Waals surface area (Å²) in [4.78, 5) is 44.7. The molecule has 166 valence electrons. The first-order valence-electron chi connectivity index (χ1n) is 9.98. The molecule has 2 aliphatic heterocycles. The number of carbonyl (C=O) groups excluding carboxylic acids is 2. The number of non-ortho nitro benzene ring substituents is 1. The molecule has 0 aromatic heterocycles. The molecule has 2 amide bonds. The van der Waals surface area contributed by atoms with Crippen molar-refractivity contribution in [2.24, 2.45) is 5.92 Å². The third-order valence-corrected chi connectivity index (χ3v) is 6.28. The number of nitro groups is 1. The molecule has 2 fully saturated rings. The summed E-state index contributed by atoms with van der Waals surface area (Å²) in [6.07, 6.45) is -1.15. The van der Waals surface area contributed by atoms with E-state index in [0.717, 1.165) is 9.37 Å². The molecule has 3 aromatic carbocycles. The van der Waals surface area contributed by atoms with Crippen molar-refractivity contribution < 1.29 is 24.5 Å². The highest BCUT2D eigenvalue weighted by molar-refractivity contribution is 9.10. The predicted octanol–water partition coefficient (Wildman–Crippen LogP) is 4.11. The first-order chi connectivity index (χ1) is 15.9. The highest BCUT2D eigenvalue weighted by atomic mass is 79.9. The van der Waals surface area contributed by atoms with Crippen LogP contribution in [0.25, 0.3) is 0 Å². The summed E-state index contributed by atoms with van der Waals surface area (Å²) in [5.74, 6) is -2.31. The topological polar surface area (TPSA) is 113 Å². The number of phenolic OH excluding ortho intramolecular Hbond substituents is 1. The van der Waals surface area contributed by atoms with Gasteiger partial charge < -0.3 is 5.11 Å². The molecule has 1 N–H and O–H groups in total. The van der Waals surface area contributed by atoms with Crippen LogP contribution < -0.4 is 9.96 Å². The van der Waals surface area contributed by atoms with Crippen LogP contribution in [-0.2, 0) is 14.4 Å². The lowest BCUT2D eigenvalue weighted by atomic mass is 9.89. The summed E-state index contributed by atoms with van der Waals surface area (Å²) in [5.41, 5.74) is 0.804. The maximum absolute atomic E-state index is 13.5. The minimum absolute atomic E-state index is 0.124. The van der Waals surface area contributed by atoms with E-state index in [4.69, 9.17) is 4.84 Å². The smallest absolute Gasteiger partial charge is 0.270 e. The highest BCUT2D eigenvalue weighted by Gasteiger charge is 2.60. The molecule has 2 saturated heterocycles. The van der Waals surface area contributed by atoms with Crippen molar-refractivity contribution in [3.8, 4) is 5.75 Å². The average Bonchev–Trinajstić information content (AvgIpc) is 3.31. The van der Waals surface area contributed by atoms with E-state index in [1.807, 2.05) is 0 Å². The number of fused-ring (bicyclic) bond motifs is 1. The van der Waals surface area contributed by atoms with E-state index in [1.54, 1.807) is 54.6 Å². The molecule has 3 atom stereocenters. The first kappa shape index (κ1) is 21.1. The van der Waals surface area contributed by atoms with E-state index >= 15 is 0 Å². The number of phenols is 1. The molecular weight excluding hydrogens is 494 g/mol. The Labute approximate surface area is 196 Å². The Morgan fingerprint density at radius 1 is 0.939 bits per heavy atom. The number of nitrogens with zero attached hydrogens (tertiary/aromatic N) is 3. The number of hydrogen-bond acceptors (Lipinski definition) is 7. The number of halogens is 1. The van der Waals surface area contributed by atoms with E-state index in [2.05, 4.69) is 15.9 Å². The number of amides is 2. The SMILES string of the molecule is O=C1[C@H]2[C@@H](c3cc([N+](=O)[O-])ccc3O)N(c3ccccc3)O[C@H]2C(=O)N1c1ccc(Br)cc1. The average molecular weight is 510 g/mol. The van der Waals surface area contributed by atoms with Crippen molar-refractivity contribution in [1.29, 1.82) is 0 Å². The van der Waals surface area contributed by atoms with Gasteiger partial charge in [-0.05, 0) is 42.5 Å². The van der Waals surface area contributed by atoms with E-state index in [0.29, 0.717) is 11.4 Å². The quantitative estimate of drug-likeness (QED) is 0.319. The Bertz CT molecular complexity index is 1270. The van der Waals surface area contributed by atoms with Crippen molar-refractivity contribution in [2.45, 2.75) is 12.1 Å². The van der Waals surface area contributed by atoms with E-state index in [-0.39, 0.29) is 17.0 Å². The molecule has 3 aromatic rings. The van der Waals surface area contributed by atoms with Crippen molar-refractivity contribution in [2.75, 3.05) is 9.96 Å². The van der Waals surface area contributed by atoms with Gasteiger partial charge in [0.05, 0.1) is 16.3 Å². The lowest BCUT2D eigenvalue weighted by Crippen LogP contribution is -2.37. The Hall–Kier alpha value is -3.76. The number of hydrogen-bond donors (Lipinski definition) is 1. The summed E-state index contributed by atoms with van der Waals surface area (Å²) < 4.78 is 0.788. The van der Waals surface area contributed by atoms with Crippen molar-refractivity contribution in [3.63, 3.8) is 0 Å². The normalized spacial score (nSPS) is 22.0. The van der Waals surface area contributed by atoms with Crippen LogP contribution in [0.1, 0.15) is 11.6 Å². The maximum atomic E-state index is 13.5. The van der Waals surface area contributed by atoms with Gasteiger partial charge in [-0.25, -0.2) is 9.96 Å². The summed E-state index contributed by atoms with van der Waals surface area (Å²) in [6, 6.07) is 18.1. The Kier molecular flexibility index (Phi) is 5.10. The zero-order valence-corrected chi connectivity index (χ0v) is 18.5. The van der Waals surface area contributed by atoms with E-state index < -0.39 is 34.8 Å². The van der Waals surface area contributed by atoms with E-state index in [1.165, 1.54) is 23.3 Å². The summed E-state index contributed by atoms with van der Waals surface area (Å²) in [6.45, 7) is 0. The zero-order valence-electron chi connectivity index (χ0n) is 16.9. The molecule has 9 nitrogen and oxygen atoms in total. The van der Waals surface area contributed by atoms with Gasteiger partial charge in [0, 0.05) is 22.2 Å². The van der Waals surface area contributed by atoms with Crippen molar-refractivity contribution in [1.82, 2.24) is 0 Å². The zero-order chi connectivity index (χ0) is 23.3. The van der Waals surface area contributed by atoms with Crippen LogP contribution in [-0.4, -0.2) is 27.9 Å². The third kappa shape index (κ3) is 3.43. The number of anilines is 2. The molecule has 0 spiro atoms. The summed E-state index contributed by atoms with van der Waals surface area (Å²) in [5, 5.41) is 23.4. The van der Waals surface area contributed by atoms with Crippen LogP contribution in [0.15, 0.2) is 77.3 Å². The largest absolute Gasteiger partial charge is 0.508 e. The van der Waals surface area contributed by atoms with Gasteiger partial charge in [-0.1, -0.05) is 34.1 Å². The number of aromatic hydroxyl groups is 1. The highest BCUT2D eigenvalue weighted by Crippen LogP contribution is 2.49. The number of benzene rings is 3. The van der Waals surface area contributed by atoms with Crippen LogP contribution in [0.4, 0.5) is 17.1 Å². The van der Waals surface area contributed by atoms with Gasteiger partial charge in [-0.3, -0.25) is 24.5 Å².